The highest BCUT2D eigenvalue weighted by Gasteiger charge is 1.91. The van der Waals surface area contributed by atoms with E-state index in [1.165, 1.54) is 70.6 Å². The Hall–Kier alpha value is -0.660. The average molecular weight is 300 g/mol. The van der Waals surface area contributed by atoms with Crippen molar-refractivity contribution in [1.29, 1.82) is 0 Å². The lowest BCUT2D eigenvalue weighted by molar-refractivity contribution is 0.416. The number of rotatable bonds is 15. The molecule has 0 aromatic heterocycles. The van der Waals surface area contributed by atoms with Crippen molar-refractivity contribution >= 4 is 0 Å². The lowest BCUT2D eigenvalue weighted by Gasteiger charge is -1.99. The molecule has 0 spiro atoms. The molecule has 0 fully saturated rings. The van der Waals surface area contributed by atoms with Crippen LogP contribution < -0.4 is 0 Å². The smallest absolute Gasteiger partial charge is 0.174 e. The maximum absolute atomic E-state index is 11.8. The molecule has 0 nitrogen and oxygen atoms in total. The van der Waals surface area contributed by atoms with Gasteiger partial charge in [0.2, 0.25) is 0 Å². The summed E-state index contributed by atoms with van der Waals surface area (Å²) in [4.78, 5) is 0. The highest BCUT2D eigenvalue weighted by Crippen LogP contribution is 2.10. The third kappa shape index (κ3) is 19.3. The van der Waals surface area contributed by atoms with Crippen LogP contribution in [-0.2, 0) is 0 Å². The van der Waals surface area contributed by atoms with Gasteiger partial charge in [-0.05, 0) is 44.6 Å². The fourth-order valence-electron chi connectivity index (χ4n) is 2.43. The van der Waals surface area contributed by atoms with Gasteiger partial charge in [-0.3, -0.25) is 0 Å². The molecule has 0 aromatic carbocycles. The van der Waals surface area contributed by atoms with Crippen molar-refractivity contribution in [2.75, 3.05) is 0 Å². The molecule has 0 amide bonds. The second-order valence-electron chi connectivity index (χ2n) is 5.87. The van der Waals surface area contributed by atoms with Gasteiger partial charge in [-0.25, -0.2) is 0 Å². The predicted molar refractivity (Wildman–Crippen MR) is 89.8 cm³/mol. The molecule has 0 aliphatic rings. The lowest BCUT2D eigenvalue weighted by atomic mass is 10.1. The summed E-state index contributed by atoms with van der Waals surface area (Å²) in [5.41, 5.74) is 0. The first-order valence-corrected chi connectivity index (χ1v) is 8.93. The Bertz CT molecular complexity index is 252. The van der Waals surface area contributed by atoms with Crippen LogP contribution in [0, 0.1) is 0 Å². The van der Waals surface area contributed by atoms with Crippen LogP contribution in [0.4, 0.5) is 8.78 Å². The third-order valence-electron chi connectivity index (χ3n) is 3.76. The van der Waals surface area contributed by atoms with E-state index in [4.69, 9.17) is 0 Å². The Kier molecular flexibility index (Phi) is 16.8. The van der Waals surface area contributed by atoms with Crippen molar-refractivity contribution in [3.8, 4) is 0 Å². The molecule has 0 heterocycles. The van der Waals surface area contributed by atoms with Gasteiger partial charge in [0, 0.05) is 0 Å². The van der Waals surface area contributed by atoms with Gasteiger partial charge in [0.15, 0.2) is 0 Å². The number of hydrogen-bond acceptors (Lipinski definition) is 0. The molecule has 0 unspecified atom stereocenters. The molecule has 0 aliphatic carbocycles. The van der Waals surface area contributed by atoms with E-state index in [1.807, 2.05) is 0 Å². The number of halogens is 2. The van der Waals surface area contributed by atoms with Gasteiger partial charge < -0.3 is 0 Å². The Labute approximate surface area is 130 Å². The minimum atomic E-state index is -1.54. The molecular formula is C19H34F2. The van der Waals surface area contributed by atoms with E-state index in [0.29, 0.717) is 6.42 Å². The maximum atomic E-state index is 11.8. The molecule has 0 N–H and O–H groups in total. The number of hydrogen-bond donors (Lipinski definition) is 0. The van der Waals surface area contributed by atoms with Crippen LogP contribution in [-0.4, -0.2) is 0 Å². The fraction of sp³-hybridized carbons (Fsp3) is 0.789. The molecule has 0 saturated heterocycles. The van der Waals surface area contributed by atoms with Gasteiger partial charge in [-0.2, -0.15) is 8.78 Å². The second kappa shape index (κ2) is 17.4. The quantitative estimate of drug-likeness (QED) is 0.214. The molecule has 0 radical (unpaired) electrons. The van der Waals surface area contributed by atoms with Gasteiger partial charge in [0.1, 0.15) is 0 Å². The van der Waals surface area contributed by atoms with Crippen molar-refractivity contribution in [1.82, 2.24) is 0 Å². The van der Waals surface area contributed by atoms with E-state index in [1.54, 1.807) is 0 Å². The standard InChI is InChI=1S/C19H34F2/c1-2-3-4-5-6-7-8-9-10-11-12-13-14-15-16-17-18-19(20)21/h9-10,18H,2-8,11-17H2,1H3/b10-9+. The first kappa shape index (κ1) is 20.3. The second-order valence-corrected chi connectivity index (χ2v) is 5.87. The molecular weight excluding hydrogens is 266 g/mol. The van der Waals surface area contributed by atoms with Crippen LogP contribution in [0.25, 0.3) is 0 Å². The summed E-state index contributed by atoms with van der Waals surface area (Å²) in [6, 6.07) is 0. The maximum Gasteiger partial charge on any atom is 0.266 e. The van der Waals surface area contributed by atoms with E-state index in [9.17, 15) is 8.78 Å². The molecule has 2 heteroatoms. The van der Waals surface area contributed by atoms with Crippen LogP contribution in [0.2, 0.25) is 0 Å². The zero-order chi connectivity index (χ0) is 15.6. The third-order valence-corrected chi connectivity index (χ3v) is 3.76. The zero-order valence-corrected chi connectivity index (χ0v) is 13.9. The predicted octanol–water partition coefficient (Wildman–Crippen LogP) is 7.80. The van der Waals surface area contributed by atoms with E-state index in [-0.39, 0.29) is 0 Å². The summed E-state index contributed by atoms with van der Waals surface area (Å²) >= 11 is 0. The summed E-state index contributed by atoms with van der Waals surface area (Å²) in [7, 11) is 0. The fourth-order valence-corrected chi connectivity index (χ4v) is 2.43. The first-order chi connectivity index (χ1) is 10.3. The Morgan fingerprint density at radius 2 is 1.05 bits per heavy atom. The minimum Gasteiger partial charge on any atom is -0.174 e. The zero-order valence-electron chi connectivity index (χ0n) is 13.9. The minimum absolute atomic E-state index is 0.528. The summed E-state index contributed by atoms with van der Waals surface area (Å²) in [5, 5.41) is 0. The monoisotopic (exact) mass is 300 g/mol. The molecule has 0 aromatic rings. The number of allylic oxidation sites excluding steroid dienone is 3. The van der Waals surface area contributed by atoms with E-state index in [2.05, 4.69) is 19.1 Å². The average Bonchev–Trinajstić information content (AvgIpc) is 2.46. The molecule has 21 heavy (non-hydrogen) atoms. The van der Waals surface area contributed by atoms with Crippen LogP contribution >= 0.6 is 0 Å². The normalized spacial score (nSPS) is 11.2. The highest BCUT2D eigenvalue weighted by molar-refractivity contribution is 4.81. The molecule has 0 bridgehead atoms. The van der Waals surface area contributed by atoms with Crippen LogP contribution in [0.3, 0.4) is 0 Å². The molecule has 124 valence electrons. The van der Waals surface area contributed by atoms with Crippen molar-refractivity contribution in [2.24, 2.45) is 0 Å². The SMILES string of the molecule is CCCCCCCC/C=C/CCCCCCCC=C(F)F. The van der Waals surface area contributed by atoms with Crippen LogP contribution in [0.5, 0.6) is 0 Å². The van der Waals surface area contributed by atoms with Gasteiger partial charge in [-0.15, -0.1) is 0 Å². The van der Waals surface area contributed by atoms with E-state index >= 15 is 0 Å². The Morgan fingerprint density at radius 3 is 1.52 bits per heavy atom. The topological polar surface area (TPSA) is 0 Å². The Morgan fingerprint density at radius 1 is 0.619 bits per heavy atom. The van der Waals surface area contributed by atoms with Gasteiger partial charge in [-0.1, -0.05) is 70.4 Å². The summed E-state index contributed by atoms with van der Waals surface area (Å²) in [6.07, 6.45) is 20.9. The number of unbranched alkanes of at least 4 members (excludes halogenated alkanes) is 12. The largest absolute Gasteiger partial charge is 0.266 e. The van der Waals surface area contributed by atoms with Crippen molar-refractivity contribution < 1.29 is 8.78 Å². The molecule has 0 aliphatic heterocycles. The Balaban J connectivity index is 3.10. The lowest BCUT2D eigenvalue weighted by Crippen LogP contribution is -1.79. The van der Waals surface area contributed by atoms with Gasteiger partial charge in [0.05, 0.1) is 0 Å². The molecule has 0 rings (SSSR count). The van der Waals surface area contributed by atoms with Gasteiger partial charge in [0.25, 0.3) is 6.08 Å². The van der Waals surface area contributed by atoms with Crippen LogP contribution in [0.1, 0.15) is 96.8 Å². The van der Waals surface area contributed by atoms with Gasteiger partial charge >= 0.3 is 0 Å². The van der Waals surface area contributed by atoms with Crippen molar-refractivity contribution in [3.05, 3.63) is 24.3 Å². The molecule has 0 saturated carbocycles. The molecule has 0 atom stereocenters. The highest BCUT2D eigenvalue weighted by atomic mass is 19.3. The summed E-state index contributed by atoms with van der Waals surface area (Å²) < 4.78 is 23.5. The van der Waals surface area contributed by atoms with Crippen molar-refractivity contribution in [2.45, 2.75) is 96.8 Å². The van der Waals surface area contributed by atoms with E-state index in [0.717, 1.165) is 18.9 Å². The van der Waals surface area contributed by atoms with Crippen LogP contribution in [0.15, 0.2) is 24.3 Å². The van der Waals surface area contributed by atoms with Crippen molar-refractivity contribution in [3.63, 3.8) is 0 Å². The summed E-state index contributed by atoms with van der Waals surface area (Å²) in [5.74, 6) is 0. The summed E-state index contributed by atoms with van der Waals surface area (Å²) in [6.45, 7) is 2.25. The first-order valence-electron chi connectivity index (χ1n) is 8.93. The van der Waals surface area contributed by atoms with E-state index < -0.39 is 6.08 Å².